The highest BCUT2D eigenvalue weighted by Gasteiger charge is 2.23. The number of nitrogens with two attached hydrogens (primary N) is 1. The number of halogens is 1. The quantitative estimate of drug-likeness (QED) is 0.884. The summed E-state index contributed by atoms with van der Waals surface area (Å²) in [6, 6.07) is 1.63. The van der Waals surface area contributed by atoms with Gasteiger partial charge in [0.25, 0.3) is 0 Å². The van der Waals surface area contributed by atoms with Gasteiger partial charge < -0.3 is 15.4 Å². The molecule has 0 amide bonds. The van der Waals surface area contributed by atoms with Crippen molar-refractivity contribution in [2.45, 2.75) is 19.4 Å². The van der Waals surface area contributed by atoms with Crippen LogP contribution in [0, 0.1) is 11.7 Å². The minimum Gasteiger partial charge on any atom is -0.384 e. The average Bonchev–Trinajstić information content (AvgIpc) is 2.40. The predicted octanol–water partition coefficient (Wildman–Crippen LogP) is 1.54. The molecule has 2 heterocycles. The predicted molar refractivity (Wildman–Crippen MR) is 68.9 cm³/mol. The number of anilines is 1. The second-order valence-corrected chi connectivity index (χ2v) is 4.72. The first-order valence-electron chi connectivity index (χ1n) is 6.33. The van der Waals surface area contributed by atoms with Crippen LogP contribution < -0.4 is 10.6 Å². The lowest BCUT2D eigenvalue weighted by molar-refractivity contribution is 0.143. The highest BCUT2D eigenvalue weighted by Crippen LogP contribution is 2.25. The zero-order chi connectivity index (χ0) is 13.0. The third kappa shape index (κ3) is 2.79. The lowest BCUT2D eigenvalue weighted by Gasteiger charge is -2.33. The number of nitrogens with zero attached hydrogens (tertiary/aromatic N) is 2. The van der Waals surface area contributed by atoms with Crippen molar-refractivity contribution in [3.63, 3.8) is 0 Å². The Balaban J connectivity index is 2.15. The molecule has 2 rings (SSSR count). The van der Waals surface area contributed by atoms with Gasteiger partial charge in [0.2, 0.25) is 0 Å². The van der Waals surface area contributed by atoms with Gasteiger partial charge in [0.05, 0.1) is 6.61 Å². The number of hydrogen-bond donors (Lipinski definition) is 1. The highest BCUT2D eigenvalue weighted by molar-refractivity contribution is 5.43. The summed E-state index contributed by atoms with van der Waals surface area (Å²) in [6.07, 6.45) is 3.80. The molecule has 0 radical (unpaired) electrons. The second-order valence-electron chi connectivity index (χ2n) is 4.72. The van der Waals surface area contributed by atoms with Crippen molar-refractivity contribution in [1.82, 2.24) is 4.98 Å². The molecule has 4 nitrogen and oxygen atoms in total. The van der Waals surface area contributed by atoms with Crippen molar-refractivity contribution < 1.29 is 9.13 Å². The van der Waals surface area contributed by atoms with E-state index in [1.807, 2.05) is 4.90 Å². The van der Waals surface area contributed by atoms with Crippen LogP contribution in [0.5, 0.6) is 0 Å². The Morgan fingerprint density at radius 3 is 3.17 bits per heavy atom. The summed E-state index contributed by atoms with van der Waals surface area (Å²) in [5.74, 6) is 0.600. The molecule has 1 aromatic rings. The molecule has 1 saturated heterocycles. The summed E-state index contributed by atoms with van der Waals surface area (Å²) < 4.78 is 19.3. The van der Waals surface area contributed by atoms with Crippen molar-refractivity contribution in [3.8, 4) is 0 Å². The molecule has 0 saturated carbocycles. The number of aromatic nitrogens is 1. The van der Waals surface area contributed by atoms with E-state index in [9.17, 15) is 4.39 Å². The van der Waals surface area contributed by atoms with E-state index >= 15 is 0 Å². The van der Waals surface area contributed by atoms with Gasteiger partial charge >= 0.3 is 0 Å². The monoisotopic (exact) mass is 253 g/mol. The van der Waals surface area contributed by atoms with Crippen LogP contribution in [-0.2, 0) is 11.3 Å². The van der Waals surface area contributed by atoms with Crippen LogP contribution in [-0.4, -0.2) is 31.8 Å². The molecule has 100 valence electrons. The summed E-state index contributed by atoms with van der Waals surface area (Å²) in [7, 11) is 1.70. The zero-order valence-corrected chi connectivity index (χ0v) is 10.7. The standard InChI is InChI=1S/C13H20FN3O/c1-18-9-10-3-2-6-17(8-10)13-12(14)11(7-15)4-5-16-13/h4-5,10H,2-3,6-9,15H2,1H3. The van der Waals surface area contributed by atoms with Crippen LogP contribution in [0.25, 0.3) is 0 Å². The van der Waals surface area contributed by atoms with Crippen molar-refractivity contribution >= 4 is 5.82 Å². The topological polar surface area (TPSA) is 51.4 Å². The van der Waals surface area contributed by atoms with Crippen LogP contribution in [0.15, 0.2) is 12.3 Å². The number of rotatable bonds is 4. The number of methoxy groups -OCH3 is 1. The van der Waals surface area contributed by atoms with Crippen LogP contribution >= 0.6 is 0 Å². The molecule has 18 heavy (non-hydrogen) atoms. The Bertz CT molecular complexity index is 398. The first-order valence-corrected chi connectivity index (χ1v) is 6.33. The largest absolute Gasteiger partial charge is 0.384 e. The Kier molecular flexibility index (Phi) is 4.49. The maximum absolute atomic E-state index is 14.2. The molecule has 1 atom stereocenters. The molecule has 0 aromatic carbocycles. The Morgan fingerprint density at radius 1 is 1.61 bits per heavy atom. The summed E-state index contributed by atoms with van der Waals surface area (Å²) in [6.45, 7) is 2.56. The number of hydrogen-bond acceptors (Lipinski definition) is 4. The third-order valence-corrected chi connectivity index (χ3v) is 3.39. The van der Waals surface area contributed by atoms with Gasteiger partial charge in [0.15, 0.2) is 11.6 Å². The van der Waals surface area contributed by atoms with E-state index in [0.29, 0.717) is 23.9 Å². The Labute approximate surface area is 107 Å². The lowest BCUT2D eigenvalue weighted by Crippen LogP contribution is -2.38. The lowest BCUT2D eigenvalue weighted by atomic mass is 9.99. The van der Waals surface area contributed by atoms with Crippen LogP contribution in [0.2, 0.25) is 0 Å². The summed E-state index contributed by atoms with van der Waals surface area (Å²) in [5.41, 5.74) is 6.04. The Morgan fingerprint density at radius 2 is 2.44 bits per heavy atom. The fraction of sp³-hybridized carbons (Fsp3) is 0.615. The molecule has 0 bridgehead atoms. The smallest absolute Gasteiger partial charge is 0.170 e. The van der Waals surface area contributed by atoms with Crippen LogP contribution in [0.4, 0.5) is 10.2 Å². The molecular weight excluding hydrogens is 233 g/mol. The third-order valence-electron chi connectivity index (χ3n) is 3.39. The number of pyridine rings is 1. The normalized spacial score (nSPS) is 20.2. The van der Waals surface area contributed by atoms with E-state index in [1.165, 1.54) is 0 Å². The fourth-order valence-electron chi connectivity index (χ4n) is 2.48. The summed E-state index contributed by atoms with van der Waals surface area (Å²) in [4.78, 5) is 6.16. The maximum atomic E-state index is 14.2. The van der Waals surface area contributed by atoms with Gasteiger partial charge in [-0.2, -0.15) is 0 Å². The summed E-state index contributed by atoms with van der Waals surface area (Å²) >= 11 is 0. The fourth-order valence-corrected chi connectivity index (χ4v) is 2.48. The molecule has 1 fully saturated rings. The van der Waals surface area contributed by atoms with E-state index in [4.69, 9.17) is 10.5 Å². The van der Waals surface area contributed by atoms with Crippen molar-refractivity contribution in [1.29, 1.82) is 0 Å². The van der Waals surface area contributed by atoms with Gasteiger partial charge in [0.1, 0.15) is 0 Å². The Hall–Kier alpha value is -1.20. The summed E-state index contributed by atoms with van der Waals surface area (Å²) in [5, 5.41) is 0. The molecular formula is C13H20FN3O. The van der Waals surface area contributed by atoms with Crippen molar-refractivity contribution in [2.75, 3.05) is 31.7 Å². The van der Waals surface area contributed by atoms with Gasteiger partial charge in [0, 0.05) is 38.5 Å². The first kappa shape index (κ1) is 13.2. The van der Waals surface area contributed by atoms with Gasteiger partial charge in [-0.15, -0.1) is 0 Å². The molecule has 2 N–H and O–H groups in total. The molecule has 1 unspecified atom stereocenters. The van der Waals surface area contributed by atoms with E-state index < -0.39 is 0 Å². The maximum Gasteiger partial charge on any atom is 0.170 e. The van der Waals surface area contributed by atoms with E-state index in [-0.39, 0.29) is 12.4 Å². The molecule has 1 aliphatic rings. The highest BCUT2D eigenvalue weighted by atomic mass is 19.1. The van der Waals surface area contributed by atoms with Crippen molar-refractivity contribution in [3.05, 3.63) is 23.6 Å². The molecule has 0 spiro atoms. The first-order chi connectivity index (χ1) is 8.76. The van der Waals surface area contributed by atoms with Gasteiger partial charge in [-0.05, 0) is 24.8 Å². The van der Waals surface area contributed by atoms with Crippen LogP contribution in [0.1, 0.15) is 18.4 Å². The molecule has 5 heteroatoms. The van der Waals surface area contributed by atoms with Gasteiger partial charge in [-0.25, -0.2) is 9.37 Å². The number of ether oxygens (including phenoxy) is 1. The SMILES string of the molecule is COCC1CCCN(c2nccc(CN)c2F)C1. The average molecular weight is 253 g/mol. The number of piperidine rings is 1. The van der Waals surface area contributed by atoms with E-state index in [0.717, 1.165) is 25.9 Å². The second kappa shape index (κ2) is 6.11. The molecule has 1 aliphatic heterocycles. The van der Waals surface area contributed by atoms with E-state index in [1.54, 1.807) is 19.4 Å². The van der Waals surface area contributed by atoms with Gasteiger partial charge in [-0.3, -0.25) is 0 Å². The zero-order valence-electron chi connectivity index (χ0n) is 10.7. The van der Waals surface area contributed by atoms with Gasteiger partial charge in [-0.1, -0.05) is 0 Å². The van der Waals surface area contributed by atoms with Crippen molar-refractivity contribution in [2.24, 2.45) is 11.7 Å². The molecule has 0 aliphatic carbocycles. The van der Waals surface area contributed by atoms with Crippen LogP contribution in [0.3, 0.4) is 0 Å². The minimum atomic E-state index is -0.280. The molecule has 1 aromatic heterocycles. The van der Waals surface area contributed by atoms with E-state index in [2.05, 4.69) is 4.98 Å². The minimum absolute atomic E-state index is 0.205.